The summed E-state index contributed by atoms with van der Waals surface area (Å²) >= 11 is 0. The van der Waals surface area contributed by atoms with E-state index in [1.54, 1.807) is 24.3 Å². The van der Waals surface area contributed by atoms with Crippen LogP contribution < -0.4 is 4.90 Å². The van der Waals surface area contributed by atoms with Gasteiger partial charge in [-0.1, -0.05) is 12.1 Å². The number of hydrogen-bond donors (Lipinski definition) is 0. The fourth-order valence-corrected chi connectivity index (χ4v) is 3.70. The molecule has 0 radical (unpaired) electrons. The monoisotopic (exact) mass is 384 g/mol. The van der Waals surface area contributed by atoms with Crippen molar-refractivity contribution in [3.63, 3.8) is 0 Å². The lowest BCUT2D eigenvalue weighted by atomic mass is 9.95. The summed E-state index contributed by atoms with van der Waals surface area (Å²) in [7, 11) is 2.07. The van der Waals surface area contributed by atoms with Gasteiger partial charge in [0.2, 0.25) is 0 Å². The summed E-state index contributed by atoms with van der Waals surface area (Å²) < 4.78 is 0. The second-order valence-corrected chi connectivity index (χ2v) is 7.32. The maximum absolute atomic E-state index is 10.8. The first-order chi connectivity index (χ1) is 13.4. The third kappa shape index (κ3) is 5.04. The van der Waals surface area contributed by atoms with Crippen molar-refractivity contribution in [2.75, 3.05) is 31.6 Å². The van der Waals surface area contributed by atoms with Crippen LogP contribution in [0.3, 0.4) is 0 Å². The molecular weight excluding hydrogens is 360 g/mol. The minimum absolute atomic E-state index is 0.116. The first-order valence-corrected chi connectivity index (χ1v) is 9.33. The van der Waals surface area contributed by atoms with Gasteiger partial charge in [0.25, 0.3) is 11.4 Å². The van der Waals surface area contributed by atoms with Gasteiger partial charge in [0.1, 0.15) is 0 Å². The molecule has 1 fully saturated rings. The fraction of sp³-hybridized carbons (Fsp3) is 0.400. The molecule has 1 aliphatic heterocycles. The predicted molar refractivity (Wildman–Crippen MR) is 107 cm³/mol. The van der Waals surface area contributed by atoms with E-state index in [2.05, 4.69) is 16.8 Å². The Morgan fingerprint density at radius 3 is 1.93 bits per heavy atom. The van der Waals surface area contributed by atoms with E-state index in [-0.39, 0.29) is 21.2 Å². The van der Waals surface area contributed by atoms with Gasteiger partial charge in [-0.05, 0) is 43.5 Å². The number of piperidine rings is 1. The molecule has 1 saturated heterocycles. The highest BCUT2D eigenvalue weighted by Crippen LogP contribution is 2.26. The fourth-order valence-electron chi connectivity index (χ4n) is 3.70. The standard InChI is InChI=1S/C20H24N4O4/c1-21(14-16-2-4-19(5-3-16)23(25)26)15-17-10-12-22(13-11-17)18-6-8-20(9-7-18)24(27)28/h2-9,17H,10-15H2,1H3. The summed E-state index contributed by atoms with van der Waals surface area (Å²) in [6.45, 7) is 3.62. The van der Waals surface area contributed by atoms with Crippen molar-refractivity contribution in [1.82, 2.24) is 4.90 Å². The van der Waals surface area contributed by atoms with E-state index in [1.807, 2.05) is 24.3 Å². The first-order valence-electron chi connectivity index (χ1n) is 9.33. The zero-order valence-electron chi connectivity index (χ0n) is 15.9. The van der Waals surface area contributed by atoms with E-state index in [9.17, 15) is 20.2 Å². The second kappa shape index (κ2) is 8.79. The SMILES string of the molecule is CN(Cc1ccc([N+](=O)[O-])cc1)CC1CCN(c2ccc([N+](=O)[O-])cc2)CC1. The molecule has 0 bridgehead atoms. The highest BCUT2D eigenvalue weighted by molar-refractivity contribution is 5.51. The third-order valence-electron chi connectivity index (χ3n) is 5.21. The smallest absolute Gasteiger partial charge is 0.269 e. The van der Waals surface area contributed by atoms with Crippen LogP contribution in [0.4, 0.5) is 17.1 Å². The molecule has 0 amide bonds. The Hall–Kier alpha value is -3.00. The van der Waals surface area contributed by atoms with Gasteiger partial charge in [-0.25, -0.2) is 0 Å². The number of rotatable bonds is 7. The van der Waals surface area contributed by atoms with E-state index < -0.39 is 0 Å². The van der Waals surface area contributed by atoms with Crippen LogP contribution in [0.25, 0.3) is 0 Å². The molecule has 8 heteroatoms. The number of nitro groups is 2. The van der Waals surface area contributed by atoms with Crippen molar-refractivity contribution in [3.05, 3.63) is 74.3 Å². The molecule has 0 aromatic heterocycles. The van der Waals surface area contributed by atoms with Gasteiger partial charge in [-0.3, -0.25) is 20.2 Å². The quantitative estimate of drug-likeness (QED) is 0.532. The Kier molecular flexibility index (Phi) is 6.20. The van der Waals surface area contributed by atoms with Gasteiger partial charge < -0.3 is 9.80 Å². The Morgan fingerprint density at radius 2 is 1.43 bits per heavy atom. The predicted octanol–water partition coefficient (Wildman–Crippen LogP) is 3.85. The normalized spacial score (nSPS) is 15.0. The molecule has 0 aliphatic carbocycles. The van der Waals surface area contributed by atoms with Crippen LogP contribution in [0.5, 0.6) is 0 Å². The number of anilines is 1. The molecule has 3 rings (SSSR count). The van der Waals surface area contributed by atoms with Gasteiger partial charge in [-0.15, -0.1) is 0 Å². The van der Waals surface area contributed by atoms with Crippen LogP contribution in [0.1, 0.15) is 18.4 Å². The van der Waals surface area contributed by atoms with Crippen LogP contribution in [0, 0.1) is 26.1 Å². The van der Waals surface area contributed by atoms with Gasteiger partial charge >= 0.3 is 0 Å². The highest BCUT2D eigenvalue weighted by atomic mass is 16.6. The van der Waals surface area contributed by atoms with Crippen molar-refractivity contribution in [3.8, 4) is 0 Å². The molecule has 0 unspecified atom stereocenters. The molecular formula is C20H24N4O4. The van der Waals surface area contributed by atoms with E-state index in [4.69, 9.17) is 0 Å². The average Bonchev–Trinajstić information content (AvgIpc) is 2.69. The summed E-state index contributed by atoms with van der Waals surface area (Å²) in [6, 6.07) is 13.5. The van der Waals surface area contributed by atoms with Crippen molar-refractivity contribution in [2.24, 2.45) is 5.92 Å². The topological polar surface area (TPSA) is 92.8 Å². The maximum atomic E-state index is 10.8. The largest absolute Gasteiger partial charge is 0.372 e. The lowest BCUT2D eigenvalue weighted by molar-refractivity contribution is -0.385. The molecule has 1 aliphatic rings. The number of nitro benzene ring substituents is 2. The molecule has 8 nitrogen and oxygen atoms in total. The van der Waals surface area contributed by atoms with Crippen LogP contribution in [-0.2, 0) is 6.54 Å². The molecule has 28 heavy (non-hydrogen) atoms. The minimum atomic E-state index is -0.383. The van der Waals surface area contributed by atoms with Gasteiger partial charge in [0, 0.05) is 56.1 Å². The zero-order chi connectivity index (χ0) is 20.1. The lowest BCUT2D eigenvalue weighted by Gasteiger charge is -2.35. The summed E-state index contributed by atoms with van der Waals surface area (Å²) in [5.74, 6) is 0.595. The summed E-state index contributed by atoms with van der Waals surface area (Å²) in [4.78, 5) is 25.3. The molecule has 1 heterocycles. The highest BCUT2D eigenvalue weighted by Gasteiger charge is 2.21. The molecule has 0 N–H and O–H groups in total. The Bertz CT molecular complexity index is 815. The maximum Gasteiger partial charge on any atom is 0.269 e. The minimum Gasteiger partial charge on any atom is -0.372 e. The number of non-ortho nitro benzene ring substituents is 2. The second-order valence-electron chi connectivity index (χ2n) is 7.32. The number of benzene rings is 2. The van der Waals surface area contributed by atoms with Crippen molar-refractivity contribution < 1.29 is 9.85 Å². The Labute approximate surface area is 163 Å². The Morgan fingerprint density at radius 1 is 0.929 bits per heavy atom. The van der Waals surface area contributed by atoms with Crippen LogP contribution in [0.2, 0.25) is 0 Å². The van der Waals surface area contributed by atoms with Crippen molar-refractivity contribution in [2.45, 2.75) is 19.4 Å². The summed E-state index contributed by atoms with van der Waals surface area (Å²) in [5, 5.41) is 21.5. The van der Waals surface area contributed by atoms with Crippen LogP contribution >= 0.6 is 0 Å². The van der Waals surface area contributed by atoms with Crippen molar-refractivity contribution in [1.29, 1.82) is 0 Å². The van der Waals surface area contributed by atoms with E-state index in [0.717, 1.165) is 50.3 Å². The first kappa shape index (κ1) is 19.8. The third-order valence-corrected chi connectivity index (χ3v) is 5.21. The van der Waals surface area contributed by atoms with Gasteiger partial charge in [-0.2, -0.15) is 0 Å². The Balaban J connectivity index is 1.46. The molecule has 0 atom stereocenters. The number of nitrogens with zero attached hydrogens (tertiary/aromatic N) is 4. The summed E-state index contributed by atoms with van der Waals surface area (Å²) in [5.41, 5.74) is 2.33. The molecule has 0 saturated carbocycles. The lowest BCUT2D eigenvalue weighted by Crippen LogP contribution is -2.37. The molecule has 0 spiro atoms. The van der Waals surface area contributed by atoms with Crippen LogP contribution in [0.15, 0.2) is 48.5 Å². The van der Waals surface area contributed by atoms with E-state index in [1.165, 1.54) is 0 Å². The molecule has 148 valence electrons. The van der Waals surface area contributed by atoms with Crippen molar-refractivity contribution >= 4 is 17.1 Å². The van der Waals surface area contributed by atoms with Crippen LogP contribution in [-0.4, -0.2) is 41.4 Å². The van der Waals surface area contributed by atoms with E-state index in [0.29, 0.717) is 5.92 Å². The van der Waals surface area contributed by atoms with Gasteiger partial charge in [0.15, 0.2) is 0 Å². The number of hydrogen-bond acceptors (Lipinski definition) is 6. The zero-order valence-corrected chi connectivity index (χ0v) is 15.9. The molecule has 2 aromatic carbocycles. The van der Waals surface area contributed by atoms with Gasteiger partial charge in [0.05, 0.1) is 9.85 Å². The average molecular weight is 384 g/mol. The van der Waals surface area contributed by atoms with E-state index >= 15 is 0 Å². The molecule has 2 aromatic rings. The summed E-state index contributed by atoms with van der Waals surface area (Å²) in [6.07, 6.45) is 2.14.